The van der Waals surface area contributed by atoms with E-state index < -0.39 is 0 Å². The Bertz CT molecular complexity index is 729. The van der Waals surface area contributed by atoms with Crippen molar-refractivity contribution in [1.82, 2.24) is 4.57 Å². The molecule has 0 unspecified atom stereocenters. The summed E-state index contributed by atoms with van der Waals surface area (Å²) in [6, 6.07) is 8.71. The lowest BCUT2D eigenvalue weighted by molar-refractivity contribution is 0.949. The van der Waals surface area contributed by atoms with Crippen molar-refractivity contribution >= 4 is 23.2 Å². The van der Waals surface area contributed by atoms with E-state index in [0.29, 0.717) is 15.6 Å². The van der Waals surface area contributed by atoms with Gasteiger partial charge in [-0.15, -0.1) is 0 Å². The molecule has 2 aromatic rings. The SMILES string of the molecule is Cc1cc(=O)c(CC#N)cn1-c1ccc(Cl)c(Cl)c1. The predicted octanol–water partition coefficient (Wildman–Crippen LogP) is 3.52. The number of halogens is 2. The summed E-state index contributed by atoms with van der Waals surface area (Å²) in [6.07, 6.45) is 1.75. The topological polar surface area (TPSA) is 45.8 Å². The molecule has 96 valence electrons. The van der Waals surface area contributed by atoms with E-state index in [1.807, 2.05) is 23.6 Å². The Morgan fingerprint density at radius 1 is 1.26 bits per heavy atom. The highest BCUT2D eigenvalue weighted by atomic mass is 35.5. The van der Waals surface area contributed by atoms with Crippen molar-refractivity contribution in [2.24, 2.45) is 0 Å². The van der Waals surface area contributed by atoms with Crippen LogP contribution in [0.2, 0.25) is 10.0 Å². The van der Waals surface area contributed by atoms with Crippen LogP contribution in [-0.2, 0) is 6.42 Å². The van der Waals surface area contributed by atoms with E-state index in [1.165, 1.54) is 6.07 Å². The van der Waals surface area contributed by atoms with Crippen molar-refractivity contribution in [1.29, 1.82) is 5.26 Å². The number of nitriles is 1. The highest BCUT2D eigenvalue weighted by Crippen LogP contribution is 2.25. The number of hydrogen-bond donors (Lipinski definition) is 0. The van der Waals surface area contributed by atoms with Gasteiger partial charge in [0.2, 0.25) is 0 Å². The first kappa shape index (κ1) is 13.7. The molecule has 0 aliphatic carbocycles. The molecule has 2 rings (SSSR count). The van der Waals surface area contributed by atoms with E-state index >= 15 is 0 Å². The van der Waals surface area contributed by atoms with E-state index in [0.717, 1.165) is 11.4 Å². The van der Waals surface area contributed by atoms with E-state index in [-0.39, 0.29) is 11.8 Å². The van der Waals surface area contributed by atoms with Crippen LogP contribution < -0.4 is 5.43 Å². The fourth-order valence-electron chi connectivity index (χ4n) is 1.80. The quantitative estimate of drug-likeness (QED) is 0.850. The van der Waals surface area contributed by atoms with Crippen molar-refractivity contribution in [2.75, 3.05) is 0 Å². The zero-order valence-electron chi connectivity index (χ0n) is 10.2. The lowest BCUT2D eigenvalue weighted by Gasteiger charge is -2.12. The minimum Gasteiger partial charge on any atom is -0.321 e. The molecule has 0 saturated carbocycles. The number of rotatable bonds is 2. The second kappa shape index (κ2) is 5.48. The zero-order valence-corrected chi connectivity index (χ0v) is 11.7. The van der Waals surface area contributed by atoms with Gasteiger partial charge in [0.25, 0.3) is 0 Å². The van der Waals surface area contributed by atoms with E-state index in [9.17, 15) is 4.79 Å². The molecule has 0 saturated heterocycles. The molecular formula is C14H10Cl2N2O. The van der Waals surface area contributed by atoms with Crippen molar-refractivity contribution < 1.29 is 0 Å². The van der Waals surface area contributed by atoms with Crippen LogP contribution in [0.25, 0.3) is 5.69 Å². The fraction of sp³-hybridized carbons (Fsp3) is 0.143. The summed E-state index contributed by atoms with van der Waals surface area (Å²) in [5.74, 6) is 0. The lowest BCUT2D eigenvalue weighted by atomic mass is 10.2. The molecule has 0 fully saturated rings. The number of aryl methyl sites for hydroxylation is 1. The minimum absolute atomic E-state index is 0.0838. The largest absolute Gasteiger partial charge is 0.321 e. The van der Waals surface area contributed by atoms with Crippen LogP contribution in [0.1, 0.15) is 11.3 Å². The Hall–Kier alpha value is -1.76. The Kier molecular flexibility index (Phi) is 3.94. The number of pyridine rings is 1. The monoisotopic (exact) mass is 292 g/mol. The van der Waals surface area contributed by atoms with E-state index in [2.05, 4.69) is 0 Å². The van der Waals surface area contributed by atoms with Crippen molar-refractivity contribution in [3.63, 3.8) is 0 Å². The van der Waals surface area contributed by atoms with Crippen LogP contribution in [-0.4, -0.2) is 4.57 Å². The molecule has 0 amide bonds. The average molecular weight is 293 g/mol. The third-order valence-electron chi connectivity index (χ3n) is 2.77. The van der Waals surface area contributed by atoms with Crippen LogP contribution >= 0.6 is 23.2 Å². The zero-order chi connectivity index (χ0) is 14.0. The summed E-state index contributed by atoms with van der Waals surface area (Å²) >= 11 is 11.9. The van der Waals surface area contributed by atoms with Gasteiger partial charge in [0.05, 0.1) is 22.5 Å². The smallest absolute Gasteiger partial charge is 0.186 e. The first-order valence-electron chi connectivity index (χ1n) is 5.57. The maximum Gasteiger partial charge on any atom is 0.186 e. The van der Waals surface area contributed by atoms with Crippen LogP contribution in [0.3, 0.4) is 0 Å². The first-order valence-corrected chi connectivity index (χ1v) is 6.33. The summed E-state index contributed by atoms with van der Waals surface area (Å²) in [4.78, 5) is 11.7. The Morgan fingerprint density at radius 2 is 2.00 bits per heavy atom. The summed E-state index contributed by atoms with van der Waals surface area (Å²) in [6.45, 7) is 1.82. The summed E-state index contributed by atoms with van der Waals surface area (Å²) in [5.41, 5.74) is 1.89. The Morgan fingerprint density at radius 3 is 2.63 bits per heavy atom. The number of benzene rings is 1. The molecule has 0 bridgehead atoms. The van der Waals surface area contributed by atoms with E-state index in [4.69, 9.17) is 28.5 Å². The van der Waals surface area contributed by atoms with Gasteiger partial charge in [-0.25, -0.2) is 0 Å². The molecule has 5 heteroatoms. The summed E-state index contributed by atoms with van der Waals surface area (Å²) in [7, 11) is 0. The van der Waals surface area contributed by atoms with Gasteiger partial charge < -0.3 is 4.57 Å². The van der Waals surface area contributed by atoms with Gasteiger partial charge in [0, 0.05) is 29.2 Å². The van der Waals surface area contributed by atoms with Gasteiger partial charge in [-0.2, -0.15) is 5.26 Å². The maximum atomic E-state index is 11.7. The number of aromatic nitrogens is 1. The van der Waals surface area contributed by atoms with Crippen LogP contribution in [0.5, 0.6) is 0 Å². The standard InChI is InChI=1S/C14H10Cl2N2O/c1-9-6-14(19)10(4-5-17)8-18(9)11-2-3-12(15)13(16)7-11/h2-3,6-8H,4H2,1H3. The third-order valence-corrected chi connectivity index (χ3v) is 3.51. The minimum atomic E-state index is -0.129. The molecule has 0 radical (unpaired) electrons. The normalized spacial score (nSPS) is 10.2. The summed E-state index contributed by atoms with van der Waals surface area (Å²) in [5, 5.41) is 9.64. The molecule has 0 atom stereocenters. The average Bonchev–Trinajstić information content (AvgIpc) is 2.36. The van der Waals surface area contributed by atoms with E-state index in [1.54, 1.807) is 18.3 Å². The third kappa shape index (κ3) is 2.81. The van der Waals surface area contributed by atoms with Crippen LogP contribution in [0, 0.1) is 18.3 Å². The Labute approximate surface area is 120 Å². The van der Waals surface area contributed by atoms with Gasteiger partial charge in [0.15, 0.2) is 5.43 Å². The molecule has 0 aliphatic heterocycles. The molecule has 1 heterocycles. The number of hydrogen-bond acceptors (Lipinski definition) is 2. The van der Waals surface area contributed by atoms with Crippen LogP contribution in [0.4, 0.5) is 0 Å². The van der Waals surface area contributed by atoms with Gasteiger partial charge in [0.1, 0.15) is 0 Å². The lowest BCUT2D eigenvalue weighted by Crippen LogP contribution is -2.13. The van der Waals surface area contributed by atoms with Crippen molar-refractivity contribution in [3.05, 3.63) is 62.0 Å². The molecule has 3 nitrogen and oxygen atoms in total. The van der Waals surface area contributed by atoms with Crippen LogP contribution in [0.15, 0.2) is 35.3 Å². The molecular weight excluding hydrogens is 283 g/mol. The van der Waals surface area contributed by atoms with Gasteiger partial charge in [-0.05, 0) is 25.1 Å². The summed E-state index contributed by atoms with van der Waals surface area (Å²) < 4.78 is 1.82. The van der Waals surface area contributed by atoms with Crippen molar-refractivity contribution in [2.45, 2.75) is 13.3 Å². The maximum absolute atomic E-state index is 11.7. The highest BCUT2D eigenvalue weighted by Gasteiger charge is 2.07. The first-order chi connectivity index (χ1) is 9.02. The van der Waals surface area contributed by atoms with Gasteiger partial charge >= 0.3 is 0 Å². The molecule has 0 aliphatic rings. The molecule has 0 N–H and O–H groups in total. The predicted molar refractivity (Wildman–Crippen MR) is 76.1 cm³/mol. The second-order valence-corrected chi connectivity index (χ2v) is 4.92. The fourth-order valence-corrected chi connectivity index (χ4v) is 2.10. The molecule has 0 spiro atoms. The van der Waals surface area contributed by atoms with Gasteiger partial charge in [-0.3, -0.25) is 4.79 Å². The molecule has 19 heavy (non-hydrogen) atoms. The van der Waals surface area contributed by atoms with Crippen molar-refractivity contribution in [3.8, 4) is 11.8 Å². The Balaban J connectivity index is 2.61. The highest BCUT2D eigenvalue weighted by molar-refractivity contribution is 6.42. The molecule has 1 aromatic heterocycles. The second-order valence-electron chi connectivity index (χ2n) is 4.11. The number of nitrogens with zero attached hydrogens (tertiary/aromatic N) is 2. The van der Waals surface area contributed by atoms with Gasteiger partial charge in [-0.1, -0.05) is 23.2 Å². The molecule has 1 aromatic carbocycles.